The molecule has 2 N–H and O–H groups in total. The van der Waals surface area contributed by atoms with Crippen molar-refractivity contribution in [2.24, 2.45) is 0 Å². The van der Waals surface area contributed by atoms with Gasteiger partial charge in [-0.3, -0.25) is 0 Å². The maximum absolute atomic E-state index is 13.2. The van der Waals surface area contributed by atoms with Gasteiger partial charge in [-0.15, -0.1) is 0 Å². The van der Waals surface area contributed by atoms with Crippen molar-refractivity contribution in [3.8, 4) is 0 Å². The lowest BCUT2D eigenvalue weighted by Crippen LogP contribution is -2.43. The van der Waals surface area contributed by atoms with Crippen molar-refractivity contribution in [2.75, 3.05) is 18.0 Å². The molecule has 4 nitrogen and oxygen atoms in total. The van der Waals surface area contributed by atoms with Gasteiger partial charge in [0.05, 0.1) is 11.7 Å². The van der Waals surface area contributed by atoms with Gasteiger partial charge in [-0.25, -0.2) is 8.42 Å². The second-order valence-corrected chi connectivity index (χ2v) is 6.96. The average molecular weight is 308 g/mol. The second-order valence-electron chi connectivity index (χ2n) is 4.70. The van der Waals surface area contributed by atoms with Crippen LogP contribution in [0.15, 0.2) is 18.2 Å². The van der Waals surface area contributed by atoms with Gasteiger partial charge in [0.2, 0.25) is 10.0 Å². The molecule has 1 aliphatic heterocycles. The first-order valence-corrected chi connectivity index (χ1v) is 7.69. The molecule has 1 heterocycles. The molecule has 20 heavy (non-hydrogen) atoms. The highest BCUT2D eigenvalue weighted by Crippen LogP contribution is 2.42. The molecule has 0 aliphatic carbocycles. The highest BCUT2D eigenvalue weighted by Gasteiger charge is 2.46. The predicted octanol–water partition coefficient (Wildman–Crippen LogP) is 2.08. The van der Waals surface area contributed by atoms with Crippen molar-refractivity contribution in [3.63, 3.8) is 0 Å². The van der Waals surface area contributed by atoms with Crippen molar-refractivity contribution in [2.45, 2.75) is 25.6 Å². The molecular formula is C12H15F3N2O2S. The zero-order valence-corrected chi connectivity index (χ0v) is 11.6. The van der Waals surface area contributed by atoms with Crippen LogP contribution in [-0.4, -0.2) is 31.2 Å². The molecule has 0 radical (unpaired) electrons. The summed E-state index contributed by atoms with van der Waals surface area (Å²) in [5.74, 6) is -2.07. The second kappa shape index (κ2) is 4.92. The number of hydrogen-bond acceptors (Lipinski definition) is 3. The van der Waals surface area contributed by atoms with Gasteiger partial charge >= 0.3 is 6.18 Å². The van der Waals surface area contributed by atoms with Gasteiger partial charge in [-0.2, -0.15) is 17.5 Å². The van der Waals surface area contributed by atoms with E-state index in [2.05, 4.69) is 0 Å². The van der Waals surface area contributed by atoms with E-state index in [1.807, 2.05) is 0 Å². The molecule has 0 saturated heterocycles. The van der Waals surface area contributed by atoms with E-state index in [0.717, 1.165) is 4.31 Å². The fourth-order valence-corrected chi connectivity index (χ4v) is 3.42. The first-order valence-electron chi connectivity index (χ1n) is 6.08. The largest absolute Gasteiger partial charge is 0.398 e. The van der Waals surface area contributed by atoms with Crippen LogP contribution >= 0.6 is 0 Å². The lowest BCUT2D eigenvalue weighted by Gasteiger charge is -2.35. The van der Waals surface area contributed by atoms with E-state index in [-0.39, 0.29) is 29.1 Å². The maximum Gasteiger partial charge on any atom is 0.397 e. The highest BCUT2D eigenvalue weighted by atomic mass is 32.2. The molecule has 0 amide bonds. The van der Waals surface area contributed by atoms with Gasteiger partial charge in [0.15, 0.2) is 0 Å². The Morgan fingerprint density at radius 3 is 2.60 bits per heavy atom. The van der Waals surface area contributed by atoms with Gasteiger partial charge in [0.1, 0.15) is 0 Å². The number of anilines is 1. The number of alkyl halides is 3. The summed E-state index contributed by atoms with van der Waals surface area (Å²) in [6.07, 6.45) is -4.51. The third-order valence-corrected chi connectivity index (χ3v) is 5.29. The minimum atomic E-state index is -4.51. The molecular weight excluding hydrogens is 293 g/mol. The van der Waals surface area contributed by atoms with Crippen LogP contribution in [0.1, 0.15) is 24.0 Å². The number of nitrogens with two attached hydrogens (primary N) is 1. The van der Waals surface area contributed by atoms with E-state index in [0.29, 0.717) is 0 Å². The quantitative estimate of drug-likeness (QED) is 0.851. The van der Waals surface area contributed by atoms with E-state index < -0.39 is 28.7 Å². The topological polar surface area (TPSA) is 63.4 Å². The van der Waals surface area contributed by atoms with E-state index >= 15 is 0 Å². The van der Waals surface area contributed by atoms with Gasteiger partial charge in [0, 0.05) is 18.8 Å². The molecule has 1 aliphatic rings. The number of hydrogen-bond donors (Lipinski definition) is 1. The molecule has 0 saturated carbocycles. The Morgan fingerprint density at radius 2 is 2.05 bits per heavy atom. The van der Waals surface area contributed by atoms with Crippen LogP contribution in [0.25, 0.3) is 0 Å². The summed E-state index contributed by atoms with van der Waals surface area (Å²) in [5.41, 5.74) is 6.21. The van der Waals surface area contributed by atoms with Crippen LogP contribution in [0.5, 0.6) is 0 Å². The van der Waals surface area contributed by atoms with Crippen molar-refractivity contribution in [1.29, 1.82) is 0 Å². The summed E-state index contributed by atoms with van der Waals surface area (Å²) in [7, 11) is -3.70. The Bertz CT molecular complexity index is 614. The fraction of sp³-hybridized carbons (Fsp3) is 0.500. The number of rotatable bonds is 2. The van der Waals surface area contributed by atoms with Crippen LogP contribution in [0, 0.1) is 0 Å². The Kier molecular flexibility index (Phi) is 3.72. The summed E-state index contributed by atoms with van der Waals surface area (Å²) in [5, 5.41) is 0. The van der Waals surface area contributed by atoms with Crippen LogP contribution < -0.4 is 5.73 Å². The van der Waals surface area contributed by atoms with Crippen molar-refractivity contribution >= 4 is 15.7 Å². The standard InChI is InChI=1S/C12H15F3N2O2S/c1-2-20(18,19)17-6-9-8(4-3-5-11(9)16)10(7-17)12(13,14)15/h3-5,10H,2,6-7,16H2,1H3. The lowest BCUT2D eigenvalue weighted by molar-refractivity contribution is -0.154. The molecule has 0 spiro atoms. The average Bonchev–Trinajstić information content (AvgIpc) is 2.37. The van der Waals surface area contributed by atoms with Gasteiger partial charge in [0.25, 0.3) is 0 Å². The van der Waals surface area contributed by atoms with Gasteiger partial charge < -0.3 is 5.73 Å². The van der Waals surface area contributed by atoms with Gasteiger partial charge in [-0.1, -0.05) is 12.1 Å². The summed E-state index contributed by atoms with van der Waals surface area (Å²) in [6.45, 7) is 0.711. The molecule has 1 aromatic carbocycles. The Hall–Kier alpha value is -1.28. The molecule has 0 aromatic heterocycles. The van der Waals surface area contributed by atoms with Crippen LogP contribution in [0.4, 0.5) is 18.9 Å². The molecule has 1 unspecified atom stereocenters. The van der Waals surface area contributed by atoms with E-state index in [1.54, 1.807) is 0 Å². The normalized spacial score (nSPS) is 20.7. The smallest absolute Gasteiger partial charge is 0.397 e. The van der Waals surface area contributed by atoms with E-state index in [4.69, 9.17) is 5.73 Å². The summed E-state index contributed by atoms with van der Waals surface area (Å²) in [4.78, 5) is 0. The van der Waals surface area contributed by atoms with Crippen LogP contribution in [-0.2, 0) is 16.6 Å². The number of halogens is 3. The molecule has 0 fully saturated rings. The molecule has 112 valence electrons. The van der Waals surface area contributed by atoms with Crippen molar-refractivity contribution in [1.82, 2.24) is 4.31 Å². The molecule has 1 atom stereocenters. The SMILES string of the molecule is CCS(=O)(=O)N1Cc2c(N)cccc2C(C(F)(F)F)C1. The minimum Gasteiger partial charge on any atom is -0.398 e. The van der Waals surface area contributed by atoms with Crippen LogP contribution in [0.3, 0.4) is 0 Å². The van der Waals surface area contributed by atoms with E-state index in [1.165, 1.54) is 25.1 Å². The molecule has 2 rings (SSSR count). The van der Waals surface area contributed by atoms with Crippen LogP contribution in [0.2, 0.25) is 0 Å². The third-order valence-electron chi connectivity index (χ3n) is 3.50. The number of fused-ring (bicyclic) bond motifs is 1. The maximum atomic E-state index is 13.2. The number of benzene rings is 1. The Balaban J connectivity index is 2.54. The number of nitrogens with zero attached hydrogens (tertiary/aromatic N) is 1. The van der Waals surface area contributed by atoms with Crippen molar-refractivity contribution < 1.29 is 21.6 Å². The third kappa shape index (κ3) is 2.62. The molecule has 0 bridgehead atoms. The lowest BCUT2D eigenvalue weighted by atomic mass is 9.89. The number of nitrogen functional groups attached to an aromatic ring is 1. The summed E-state index contributed by atoms with van der Waals surface area (Å²) >= 11 is 0. The molecule has 1 aromatic rings. The monoisotopic (exact) mass is 308 g/mol. The molecule has 8 heteroatoms. The minimum absolute atomic E-state index is 0.0695. The van der Waals surface area contributed by atoms with Crippen molar-refractivity contribution in [3.05, 3.63) is 29.3 Å². The highest BCUT2D eigenvalue weighted by molar-refractivity contribution is 7.89. The first kappa shape index (κ1) is 15.1. The fourth-order valence-electron chi connectivity index (χ4n) is 2.35. The zero-order valence-electron chi connectivity index (χ0n) is 10.8. The predicted molar refractivity (Wildman–Crippen MR) is 69.5 cm³/mol. The zero-order chi connectivity index (χ0) is 15.1. The Labute approximate surface area is 115 Å². The van der Waals surface area contributed by atoms with E-state index in [9.17, 15) is 21.6 Å². The summed E-state index contributed by atoms with van der Waals surface area (Å²) in [6, 6.07) is 4.30. The number of sulfonamides is 1. The first-order chi connectivity index (χ1) is 9.16. The Morgan fingerprint density at radius 1 is 1.40 bits per heavy atom. The van der Waals surface area contributed by atoms with Gasteiger partial charge in [-0.05, 0) is 24.1 Å². The summed E-state index contributed by atoms with van der Waals surface area (Å²) < 4.78 is 64.1.